The molecule has 1 aromatic carbocycles. The Morgan fingerprint density at radius 3 is 2.82 bits per heavy atom. The molecule has 0 saturated heterocycles. The summed E-state index contributed by atoms with van der Waals surface area (Å²) in [5.74, 6) is -0.697. The van der Waals surface area contributed by atoms with Crippen LogP contribution >= 0.6 is 0 Å². The van der Waals surface area contributed by atoms with Gasteiger partial charge in [-0.2, -0.15) is 0 Å². The standard InChI is InChI=1S/C14H17NO2/c16-14(17)9-3-1-2-6-11-10-15-13-8-5-4-7-12(11)13/h4-5,7-8,10,15H,1-3,6,9H2,(H,16,17). The number of hydrogen-bond acceptors (Lipinski definition) is 1. The molecule has 1 heterocycles. The van der Waals surface area contributed by atoms with Crippen molar-refractivity contribution in [2.45, 2.75) is 32.1 Å². The minimum atomic E-state index is -0.697. The summed E-state index contributed by atoms with van der Waals surface area (Å²) in [4.78, 5) is 13.6. The zero-order chi connectivity index (χ0) is 12.1. The van der Waals surface area contributed by atoms with E-state index in [9.17, 15) is 4.79 Å². The van der Waals surface area contributed by atoms with Gasteiger partial charge >= 0.3 is 5.97 Å². The van der Waals surface area contributed by atoms with Crippen molar-refractivity contribution in [1.82, 2.24) is 4.98 Å². The smallest absolute Gasteiger partial charge is 0.303 e. The maximum Gasteiger partial charge on any atom is 0.303 e. The maximum atomic E-state index is 10.4. The molecule has 3 heteroatoms. The molecule has 2 N–H and O–H groups in total. The van der Waals surface area contributed by atoms with Gasteiger partial charge < -0.3 is 10.1 Å². The molecule has 3 nitrogen and oxygen atoms in total. The Morgan fingerprint density at radius 2 is 2.00 bits per heavy atom. The van der Waals surface area contributed by atoms with Crippen LogP contribution in [0.3, 0.4) is 0 Å². The van der Waals surface area contributed by atoms with E-state index in [0.717, 1.165) is 25.7 Å². The molecule has 0 amide bonds. The number of aliphatic carboxylic acids is 1. The topological polar surface area (TPSA) is 53.1 Å². The summed E-state index contributed by atoms with van der Waals surface area (Å²) in [6.07, 6.45) is 6.16. The lowest BCUT2D eigenvalue weighted by atomic mass is 10.1. The Labute approximate surface area is 100 Å². The Morgan fingerprint density at radius 1 is 1.18 bits per heavy atom. The Kier molecular flexibility index (Phi) is 3.81. The number of carboxylic acids is 1. The van der Waals surface area contributed by atoms with Crippen LogP contribution in [-0.4, -0.2) is 16.1 Å². The average Bonchev–Trinajstić information content (AvgIpc) is 2.72. The highest BCUT2D eigenvalue weighted by Crippen LogP contribution is 2.19. The van der Waals surface area contributed by atoms with E-state index in [1.54, 1.807) is 0 Å². The molecule has 17 heavy (non-hydrogen) atoms. The first-order valence-corrected chi connectivity index (χ1v) is 6.04. The quantitative estimate of drug-likeness (QED) is 0.749. The lowest BCUT2D eigenvalue weighted by Crippen LogP contribution is -1.94. The van der Waals surface area contributed by atoms with Crippen molar-refractivity contribution < 1.29 is 9.90 Å². The van der Waals surface area contributed by atoms with Gasteiger partial charge in [0.2, 0.25) is 0 Å². The van der Waals surface area contributed by atoms with E-state index in [1.807, 2.05) is 12.1 Å². The highest BCUT2D eigenvalue weighted by atomic mass is 16.4. The van der Waals surface area contributed by atoms with Gasteiger partial charge in [0.1, 0.15) is 0 Å². The number of hydrogen-bond donors (Lipinski definition) is 2. The fraction of sp³-hybridized carbons (Fsp3) is 0.357. The summed E-state index contributed by atoms with van der Waals surface area (Å²) in [5, 5.41) is 9.82. The first kappa shape index (κ1) is 11.7. The van der Waals surface area contributed by atoms with Crippen molar-refractivity contribution >= 4 is 16.9 Å². The summed E-state index contributed by atoms with van der Waals surface area (Å²) in [5.41, 5.74) is 2.50. The Balaban J connectivity index is 1.85. The predicted octanol–water partition coefficient (Wildman–Crippen LogP) is 3.36. The van der Waals surface area contributed by atoms with Crippen molar-refractivity contribution in [3.63, 3.8) is 0 Å². The molecule has 0 radical (unpaired) electrons. The normalized spacial score (nSPS) is 10.8. The summed E-state index contributed by atoms with van der Waals surface area (Å²) in [6.45, 7) is 0. The highest BCUT2D eigenvalue weighted by Gasteiger charge is 2.02. The zero-order valence-electron chi connectivity index (χ0n) is 9.78. The van der Waals surface area contributed by atoms with Gasteiger partial charge in [-0.05, 0) is 30.9 Å². The molecule has 0 aliphatic heterocycles. The van der Waals surface area contributed by atoms with Gasteiger partial charge in [-0.3, -0.25) is 4.79 Å². The fourth-order valence-electron chi connectivity index (χ4n) is 2.11. The van der Waals surface area contributed by atoms with Crippen LogP contribution in [-0.2, 0) is 11.2 Å². The fourth-order valence-corrected chi connectivity index (χ4v) is 2.11. The third-order valence-corrected chi connectivity index (χ3v) is 3.01. The summed E-state index contributed by atoms with van der Waals surface area (Å²) < 4.78 is 0. The highest BCUT2D eigenvalue weighted by molar-refractivity contribution is 5.82. The minimum Gasteiger partial charge on any atom is -0.481 e. The molecule has 2 rings (SSSR count). The number of aryl methyl sites for hydroxylation is 1. The maximum absolute atomic E-state index is 10.4. The zero-order valence-corrected chi connectivity index (χ0v) is 9.78. The molecule has 0 saturated carbocycles. The van der Waals surface area contributed by atoms with E-state index < -0.39 is 5.97 Å². The largest absolute Gasteiger partial charge is 0.481 e. The van der Waals surface area contributed by atoms with Gasteiger partial charge in [-0.1, -0.05) is 24.6 Å². The van der Waals surface area contributed by atoms with Gasteiger partial charge in [0.05, 0.1) is 0 Å². The number of benzene rings is 1. The number of rotatable bonds is 6. The number of unbranched alkanes of at least 4 members (excludes halogenated alkanes) is 2. The summed E-state index contributed by atoms with van der Waals surface area (Å²) in [7, 11) is 0. The van der Waals surface area contributed by atoms with Crippen molar-refractivity contribution in [3.8, 4) is 0 Å². The second-order valence-corrected chi connectivity index (χ2v) is 4.31. The van der Waals surface area contributed by atoms with Crippen LogP contribution in [0, 0.1) is 0 Å². The number of aromatic nitrogens is 1. The van der Waals surface area contributed by atoms with Crippen molar-refractivity contribution in [2.24, 2.45) is 0 Å². The van der Waals surface area contributed by atoms with E-state index in [2.05, 4.69) is 23.3 Å². The van der Waals surface area contributed by atoms with Crippen LogP contribution in [0.4, 0.5) is 0 Å². The van der Waals surface area contributed by atoms with E-state index in [-0.39, 0.29) is 6.42 Å². The lowest BCUT2D eigenvalue weighted by Gasteiger charge is -1.99. The molecule has 0 aliphatic carbocycles. The minimum absolute atomic E-state index is 0.286. The number of aromatic amines is 1. The summed E-state index contributed by atoms with van der Waals surface area (Å²) >= 11 is 0. The molecule has 2 aromatic rings. The molecule has 1 aromatic heterocycles. The lowest BCUT2D eigenvalue weighted by molar-refractivity contribution is -0.137. The SMILES string of the molecule is O=C(O)CCCCCc1c[nH]c2ccccc12. The van der Waals surface area contributed by atoms with Crippen molar-refractivity contribution in [1.29, 1.82) is 0 Å². The number of nitrogens with one attached hydrogen (secondary N) is 1. The molecule has 0 fully saturated rings. The predicted molar refractivity (Wildman–Crippen MR) is 68.1 cm³/mol. The van der Waals surface area contributed by atoms with Gasteiger partial charge in [0.25, 0.3) is 0 Å². The van der Waals surface area contributed by atoms with Crippen molar-refractivity contribution in [2.75, 3.05) is 0 Å². The van der Waals surface area contributed by atoms with Gasteiger partial charge in [0, 0.05) is 23.5 Å². The molecule has 0 bridgehead atoms. The van der Waals surface area contributed by atoms with Crippen LogP contribution in [0.25, 0.3) is 10.9 Å². The third-order valence-electron chi connectivity index (χ3n) is 3.01. The second-order valence-electron chi connectivity index (χ2n) is 4.31. The number of H-pyrrole nitrogens is 1. The van der Waals surface area contributed by atoms with Gasteiger partial charge in [0.15, 0.2) is 0 Å². The molecule has 0 aliphatic rings. The van der Waals surface area contributed by atoms with Crippen LogP contribution in [0.15, 0.2) is 30.5 Å². The van der Waals surface area contributed by atoms with Crippen LogP contribution in [0.5, 0.6) is 0 Å². The number of para-hydroxylation sites is 1. The first-order valence-electron chi connectivity index (χ1n) is 6.04. The number of carboxylic acid groups (broad SMARTS) is 1. The Hall–Kier alpha value is -1.77. The third kappa shape index (κ3) is 3.09. The van der Waals surface area contributed by atoms with E-state index in [1.165, 1.54) is 16.5 Å². The molecular weight excluding hydrogens is 214 g/mol. The number of carbonyl (C=O) groups is 1. The molecule has 0 spiro atoms. The van der Waals surface area contributed by atoms with E-state index >= 15 is 0 Å². The van der Waals surface area contributed by atoms with E-state index in [4.69, 9.17) is 5.11 Å². The monoisotopic (exact) mass is 231 g/mol. The second kappa shape index (κ2) is 5.53. The first-order chi connectivity index (χ1) is 8.27. The van der Waals surface area contributed by atoms with Crippen LogP contribution in [0.1, 0.15) is 31.2 Å². The van der Waals surface area contributed by atoms with Gasteiger partial charge in [-0.15, -0.1) is 0 Å². The summed E-state index contributed by atoms with van der Waals surface area (Å²) in [6, 6.07) is 8.27. The van der Waals surface area contributed by atoms with Gasteiger partial charge in [-0.25, -0.2) is 0 Å². The van der Waals surface area contributed by atoms with Crippen molar-refractivity contribution in [3.05, 3.63) is 36.0 Å². The average molecular weight is 231 g/mol. The number of fused-ring (bicyclic) bond motifs is 1. The molecule has 0 atom stereocenters. The molecule has 90 valence electrons. The molecule has 0 unspecified atom stereocenters. The van der Waals surface area contributed by atoms with Crippen LogP contribution < -0.4 is 0 Å². The van der Waals surface area contributed by atoms with E-state index in [0.29, 0.717) is 0 Å². The van der Waals surface area contributed by atoms with Crippen LogP contribution in [0.2, 0.25) is 0 Å². The Bertz CT molecular complexity index is 502. The molecular formula is C14H17NO2.